The van der Waals surface area contributed by atoms with Crippen LogP contribution in [0.2, 0.25) is 0 Å². The topological polar surface area (TPSA) is 126 Å². The van der Waals surface area contributed by atoms with Crippen molar-refractivity contribution in [3.63, 3.8) is 0 Å². The molecule has 3 rings (SSSR count). The highest BCUT2D eigenvalue weighted by atomic mass is 79.9. The summed E-state index contributed by atoms with van der Waals surface area (Å²) in [5.41, 5.74) is 0. The first-order valence-corrected chi connectivity index (χ1v) is 14.7. The van der Waals surface area contributed by atoms with Crippen molar-refractivity contribution >= 4 is 63.2 Å². The minimum absolute atomic E-state index is 0.0120. The van der Waals surface area contributed by atoms with Crippen molar-refractivity contribution in [2.75, 3.05) is 51.0 Å². The molecule has 0 saturated carbocycles. The minimum atomic E-state index is -0.327. The number of hydrogen-bond donors (Lipinski definition) is 3. The predicted octanol–water partition coefficient (Wildman–Crippen LogP) is 1.59. The van der Waals surface area contributed by atoms with Gasteiger partial charge >= 0.3 is 6.03 Å². The molecule has 0 radical (unpaired) electrons. The number of carbonyl (C=O) groups is 4. The first-order valence-electron chi connectivity index (χ1n) is 11.9. The number of halogens is 1. The van der Waals surface area contributed by atoms with Gasteiger partial charge in [-0.15, -0.1) is 11.8 Å². The second kappa shape index (κ2) is 14.5. The van der Waals surface area contributed by atoms with Crippen LogP contribution in [0.5, 0.6) is 0 Å². The van der Waals surface area contributed by atoms with E-state index in [0.29, 0.717) is 53.2 Å². The highest BCUT2D eigenvalue weighted by Crippen LogP contribution is 2.34. The largest absolute Gasteiger partial charge is 0.377 e. The van der Waals surface area contributed by atoms with Gasteiger partial charge in [0.2, 0.25) is 5.91 Å². The normalized spacial score (nSPS) is 23.7. The average molecular weight is 594 g/mol. The number of imide groups is 1. The van der Waals surface area contributed by atoms with E-state index in [1.54, 1.807) is 0 Å². The molecule has 0 aromatic heterocycles. The fourth-order valence-electron chi connectivity index (χ4n) is 4.10. The molecule has 3 atom stereocenters. The molecule has 3 aliphatic heterocycles. The number of rotatable bonds is 16. The van der Waals surface area contributed by atoms with Crippen LogP contribution >= 0.6 is 39.5 Å². The molecule has 3 heterocycles. The Morgan fingerprint density at radius 3 is 2.69 bits per heavy atom. The maximum Gasteiger partial charge on any atom is 0.315 e. The Labute approximate surface area is 222 Å². The third-order valence-electron chi connectivity index (χ3n) is 5.84. The Hall–Kier alpha value is -1.28. The first-order chi connectivity index (χ1) is 16.9. The molecule has 2 saturated heterocycles. The van der Waals surface area contributed by atoms with Crippen molar-refractivity contribution in [1.29, 1.82) is 0 Å². The van der Waals surface area contributed by atoms with E-state index in [2.05, 4.69) is 31.9 Å². The minimum Gasteiger partial charge on any atom is -0.377 e. The smallest absolute Gasteiger partial charge is 0.315 e. The maximum atomic E-state index is 12.3. The summed E-state index contributed by atoms with van der Waals surface area (Å²) in [5, 5.41) is 9.20. The number of amides is 5. The zero-order chi connectivity index (χ0) is 25.2. The highest BCUT2D eigenvalue weighted by molar-refractivity contribution is 9.12. The van der Waals surface area contributed by atoms with E-state index in [0.717, 1.165) is 25.0 Å². The number of nitrogens with one attached hydrogen (secondary N) is 3. The Morgan fingerprint density at radius 2 is 1.91 bits per heavy atom. The van der Waals surface area contributed by atoms with Crippen LogP contribution in [0.3, 0.4) is 0 Å². The zero-order valence-corrected chi connectivity index (χ0v) is 23.0. The number of fused-ring (bicyclic) bond motifs is 1. The van der Waals surface area contributed by atoms with Gasteiger partial charge < -0.3 is 25.4 Å². The lowest BCUT2D eigenvalue weighted by Gasteiger charge is -2.16. The number of carbonyl (C=O) groups excluding carboxylic acids is 4. The Balaban J connectivity index is 1.12. The van der Waals surface area contributed by atoms with Gasteiger partial charge in [-0.3, -0.25) is 19.3 Å². The number of thioether (sulfide) groups is 2. The summed E-state index contributed by atoms with van der Waals surface area (Å²) in [6.45, 7) is 3.90. The van der Waals surface area contributed by atoms with Gasteiger partial charge in [-0.05, 0) is 34.5 Å². The van der Waals surface area contributed by atoms with Crippen LogP contribution in [-0.4, -0.2) is 97.0 Å². The number of nitrogens with zero attached hydrogens (tertiary/aromatic N) is 1. The first kappa shape index (κ1) is 28.3. The summed E-state index contributed by atoms with van der Waals surface area (Å²) >= 11 is 6.44. The molecule has 13 heteroatoms. The summed E-state index contributed by atoms with van der Waals surface area (Å²) < 4.78 is 11.2. The van der Waals surface area contributed by atoms with E-state index < -0.39 is 0 Å². The third kappa shape index (κ3) is 8.11. The fraction of sp³-hybridized carbons (Fsp3) is 0.727. The van der Waals surface area contributed by atoms with Crippen LogP contribution in [-0.2, 0) is 23.9 Å². The predicted molar refractivity (Wildman–Crippen MR) is 139 cm³/mol. The van der Waals surface area contributed by atoms with Crippen LogP contribution in [0.15, 0.2) is 9.39 Å². The van der Waals surface area contributed by atoms with Crippen LogP contribution in [0, 0.1) is 0 Å². The van der Waals surface area contributed by atoms with Crippen molar-refractivity contribution in [1.82, 2.24) is 20.9 Å². The summed E-state index contributed by atoms with van der Waals surface area (Å²) in [4.78, 5) is 49.4. The van der Waals surface area contributed by atoms with Crippen LogP contribution in [0.1, 0.15) is 32.6 Å². The molecule has 0 aromatic rings. The number of hydrogen-bond acceptors (Lipinski definition) is 8. The van der Waals surface area contributed by atoms with Crippen molar-refractivity contribution in [3.8, 4) is 0 Å². The van der Waals surface area contributed by atoms with Crippen LogP contribution < -0.4 is 16.0 Å². The molecular weight excluding hydrogens is 560 g/mol. The molecular formula is C22H33BrN4O6S2. The van der Waals surface area contributed by atoms with Crippen LogP contribution in [0.25, 0.3) is 0 Å². The molecule has 35 heavy (non-hydrogen) atoms. The van der Waals surface area contributed by atoms with Gasteiger partial charge in [0.1, 0.15) is 4.48 Å². The van der Waals surface area contributed by atoms with E-state index in [9.17, 15) is 19.2 Å². The van der Waals surface area contributed by atoms with E-state index >= 15 is 0 Å². The number of unbranched alkanes of at least 4 members (excludes halogenated alkanes) is 1. The molecule has 2 fully saturated rings. The molecule has 0 bridgehead atoms. The average Bonchev–Trinajstić information content (AvgIpc) is 3.44. The molecule has 10 nitrogen and oxygen atoms in total. The lowest BCUT2D eigenvalue weighted by molar-refractivity contribution is -0.138. The second-order valence-electron chi connectivity index (χ2n) is 8.28. The van der Waals surface area contributed by atoms with Crippen LogP contribution in [0.4, 0.5) is 4.79 Å². The van der Waals surface area contributed by atoms with Gasteiger partial charge in [0.15, 0.2) is 0 Å². The molecule has 0 unspecified atom stereocenters. The Kier molecular flexibility index (Phi) is 11.7. The van der Waals surface area contributed by atoms with E-state index in [-0.39, 0.29) is 49.0 Å². The molecule has 3 N–H and O–H groups in total. The maximum absolute atomic E-state index is 12.3. The van der Waals surface area contributed by atoms with Gasteiger partial charge in [0, 0.05) is 24.0 Å². The summed E-state index contributed by atoms with van der Waals surface area (Å²) in [7, 11) is 0. The SMILES string of the molecule is CCSC1=C(Br)C(=O)N(CCOCCOCCNC(=O)CCCC[C@@H]2SC[C@@H]3NC(=O)N[C@@H]32)C1=O. The zero-order valence-electron chi connectivity index (χ0n) is 19.8. The highest BCUT2D eigenvalue weighted by Gasteiger charge is 2.42. The quantitative estimate of drug-likeness (QED) is 0.140. The molecule has 196 valence electrons. The van der Waals surface area contributed by atoms with Gasteiger partial charge in [0.05, 0.1) is 50.0 Å². The summed E-state index contributed by atoms with van der Waals surface area (Å²) in [6.07, 6.45) is 3.26. The summed E-state index contributed by atoms with van der Waals surface area (Å²) in [6, 6.07) is 0.381. The molecule has 0 spiro atoms. The van der Waals surface area contributed by atoms with Crippen molar-refractivity contribution in [2.24, 2.45) is 0 Å². The number of urea groups is 1. The van der Waals surface area contributed by atoms with Gasteiger partial charge in [-0.2, -0.15) is 11.8 Å². The Bertz CT molecular complexity index is 830. The standard InChI is InChI=1S/C22H33BrN4O6S2/c1-2-34-19-17(23)20(29)27(21(19)30)8-10-33-12-11-32-9-7-24-16(28)6-4-3-5-15-18-14(13-35-15)25-22(31)26-18/h14-15,18H,2-13H2,1H3,(H,24,28)(H2,25,26,31)/t14-,15-,18-/m0/s1. The van der Waals surface area contributed by atoms with Crippen molar-refractivity contribution < 1.29 is 28.7 Å². The lowest BCUT2D eigenvalue weighted by atomic mass is 10.0. The van der Waals surface area contributed by atoms with Gasteiger partial charge in [-0.1, -0.05) is 13.3 Å². The van der Waals surface area contributed by atoms with Gasteiger partial charge in [0.25, 0.3) is 11.8 Å². The van der Waals surface area contributed by atoms with E-state index in [1.807, 2.05) is 18.7 Å². The van der Waals surface area contributed by atoms with Crippen molar-refractivity contribution in [3.05, 3.63) is 9.39 Å². The molecule has 0 aliphatic carbocycles. The summed E-state index contributed by atoms with van der Waals surface area (Å²) in [5.74, 6) is 1.07. The molecule has 0 aromatic carbocycles. The monoisotopic (exact) mass is 592 g/mol. The van der Waals surface area contributed by atoms with E-state index in [1.165, 1.54) is 16.7 Å². The van der Waals surface area contributed by atoms with Gasteiger partial charge in [-0.25, -0.2) is 4.79 Å². The van der Waals surface area contributed by atoms with Crippen molar-refractivity contribution in [2.45, 2.75) is 49.9 Å². The Morgan fingerprint density at radius 1 is 1.14 bits per heavy atom. The lowest BCUT2D eigenvalue weighted by Crippen LogP contribution is -2.36. The molecule has 3 aliphatic rings. The number of ether oxygens (including phenoxy) is 2. The second-order valence-corrected chi connectivity index (χ2v) is 11.6. The molecule has 5 amide bonds. The van der Waals surface area contributed by atoms with E-state index in [4.69, 9.17) is 9.47 Å². The fourth-order valence-corrected chi connectivity index (χ4v) is 7.11. The third-order valence-corrected chi connectivity index (χ3v) is 9.30.